The summed E-state index contributed by atoms with van der Waals surface area (Å²) in [4.78, 5) is 26.8. The van der Waals surface area contributed by atoms with E-state index in [0.717, 1.165) is 16.7 Å². The highest BCUT2D eigenvalue weighted by Crippen LogP contribution is 2.34. The van der Waals surface area contributed by atoms with Crippen molar-refractivity contribution in [3.63, 3.8) is 0 Å². The second-order valence-corrected chi connectivity index (χ2v) is 6.72. The van der Waals surface area contributed by atoms with Crippen molar-refractivity contribution >= 4 is 17.6 Å². The van der Waals surface area contributed by atoms with Gasteiger partial charge in [0.25, 0.3) is 0 Å². The second kappa shape index (κ2) is 7.20. The predicted molar refractivity (Wildman–Crippen MR) is 99.7 cm³/mol. The lowest BCUT2D eigenvalue weighted by Gasteiger charge is -2.20. The standard InChI is InChI=1S/C21H23NO4/c1-13-8-9-18(25-4)17(10-13)22-12-16(11-19(22)23)21(24)26-20-14(2)6-5-7-15(20)3/h5-10,16H,11-12H2,1-4H3/t16-/m1/s1. The summed E-state index contributed by atoms with van der Waals surface area (Å²) in [5.41, 5.74) is 3.52. The molecule has 2 aromatic rings. The largest absolute Gasteiger partial charge is 0.495 e. The first-order valence-electron chi connectivity index (χ1n) is 8.63. The fraction of sp³-hybridized carbons (Fsp3) is 0.333. The van der Waals surface area contributed by atoms with Gasteiger partial charge < -0.3 is 14.4 Å². The van der Waals surface area contributed by atoms with E-state index in [1.165, 1.54) is 0 Å². The van der Waals surface area contributed by atoms with Crippen LogP contribution < -0.4 is 14.4 Å². The Morgan fingerprint density at radius 1 is 1.12 bits per heavy atom. The van der Waals surface area contributed by atoms with Crippen LogP contribution in [0.3, 0.4) is 0 Å². The molecule has 5 heteroatoms. The van der Waals surface area contributed by atoms with Crippen molar-refractivity contribution < 1.29 is 19.1 Å². The molecule has 1 fully saturated rings. The zero-order chi connectivity index (χ0) is 18.8. The van der Waals surface area contributed by atoms with E-state index < -0.39 is 5.92 Å². The van der Waals surface area contributed by atoms with Crippen molar-refractivity contribution in [3.05, 3.63) is 53.1 Å². The highest BCUT2D eigenvalue weighted by molar-refractivity contribution is 6.00. The van der Waals surface area contributed by atoms with Crippen LogP contribution in [0.4, 0.5) is 5.69 Å². The minimum atomic E-state index is -0.494. The summed E-state index contributed by atoms with van der Waals surface area (Å²) in [5, 5.41) is 0. The van der Waals surface area contributed by atoms with Gasteiger partial charge in [-0.3, -0.25) is 9.59 Å². The van der Waals surface area contributed by atoms with Crippen LogP contribution in [-0.2, 0) is 9.59 Å². The molecule has 5 nitrogen and oxygen atoms in total. The van der Waals surface area contributed by atoms with Gasteiger partial charge in [0, 0.05) is 13.0 Å². The molecule has 1 aliphatic rings. The van der Waals surface area contributed by atoms with E-state index in [9.17, 15) is 9.59 Å². The third kappa shape index (κ3) is 3.43. The van der Waals surface area contributed by atoms with Crippen molar-refractivity contribution in [2.45, 2.75) is 27.2 Å². The summed E-state index contributed by atoms with van der Waals surface area (Å²) in [6, 6.07) is 11.4. The third-order valence-electron chi connectivity index (χ3n) is 4.69. The molecule has 1 heterocycles. The van der Waals surface area contributed by atoms with Crippen LogP contribution >= 0.6 is 0 Å². The van der Waals surface area contributed by atoms with Gasteiger partial charge in [-0.05, 0) is 49.6 Å². The number of hydrogen-bond acceptors (Lipinski definition) is 4. The molecule has 0 N–H and O–H groups in total. The quantitative estimate of drug-likeness (QED) is 0.623. The minimum Gasteiger partial charge on any atom is -0.495 e. The number of aryl methyl sites for hydroxylation is 3. The van der Waals surface area contributed by atoms with Crippen molar-refractivity contribution in [1.82, 2.24) is 0 Å². The van der Waals surface area contributed by atoms with Crippen LogP contribution in [0.5, 0.6) is 11.5 Å². The molecular weight excluding hydrogens is 330 g/mol. The number of nitrogens with zero attached hydrogens (tertiary/aromatic N) is 1. The summed E-state index contributed by atoms with van der Waals surface area (Å²) in [6.45, 7) is 6.05. The number of anilines is 1. The van der Waals surface area contributed by atoms with E-state index in [-0.39, 0.29) is 18.3 Å². The monoisotopic (exact) mass is 353 g/mol. The van der Waals surface area contributed by atoms with E-state index in [2.05, 4.69) is 0 Å². The number of hydrogen-bond donors (Lipinski definition) is 0. The minimum absolute atomic E-state index is 0.0997. The molecule has 1 atom stereocenters. The van der Waals surface area contributed by atoms with E-state index >= 15 is 0 Å². The molecule has 0 unspecified atom stereocenters. The number of esters is 1. The van der Waals surface area contributed by atoms with E-state index in [4.69, 9.17) is 9.47 Å². The predicted octanol–water partition coefficient (Wildman–Crippen LogP) is 3.58. The van der Waals surface area contributed by atoms with Gasteiger partial charge in [-0.2, -0.15) is 0 Å². The molecular formula is C21H23NO4. The van der Waals surface area contributed by atoms with Gasteiger partial charge in [0.05, 0.1) is 18.7 Å². The summed E-state index contributed by atoms with van der Waals surface area (Å²) in [6.07, 6.45) is 0.140. The van der Waals surface area contributed by atoms with Crippen LogP contribution in [0, 0.1) is 26.7 Å². The highest BCUT2D eigenvalue weighted by Gasteiger charge is 2.37. The van der Waals surface area contributed by atoms with Crippen LogP contribution in [0.1, 0.15) is 23.1 Å². The number of carbonyl (C=O) groups excluding carboxylic acids is 2. The van der Waals surface area contributed by atoms with Crippen LogP contribution in [0.15, 0.2) is 36.4 Å². The fourth-order valence-electron chi connectivity index (χ4n) is 3.25. The molecule has 0 radical (unpaired) electrons. The van der Waals surface area contributed by atoms with Gasteiger partial charge in [0.2, 0.25) is 5.91 Å². The van der Waals surface area contributed by atoms with Gasteiger partial charge >= 0.3 is 5.97 Å². The Bertz CT molecular complexity index is 839. The Morgan fingerprint density at radius 3 is 2.46 bits per heavy atom. The Kier molecular flexibility index (Phi) is 4.98. The third-order valence-corrected chi connectivity index (χ3v) is 4.69. The summed E-state index contributed by atoms with van der Waals surface area (Å²) < 4.78 is 11.0. The number of para-hydroxylation sites is 1. The maximum absolute atomic E-state index is 12.6. The molecule has 0 aliphatic carbocycles. The first-order chi connectivity index (χ1) is 12.4. The molecule has 1 saturated heterocycles. The van der Waals surface area contributed by atoms with Crippen LogP contribution in [-0.4, -0.2) is 25.5 Å². The summed E-state index contributed by atoms with van der Waals surface area (Å²) in [5.74, 6) is 0.234. The van der Waals surface area contributed by atoms with Crippen molar-refractivity contribution in [1.29, 1.82) is 0 Å². The van der Waals surface area contributed by atoms with E-state index in [0.29, 0.717) is 23.7 Å². The van der Waals surface area contributed by atoms with Crippen molar-refractivity contribution in [2.75, 3.05) is 18.6 Å². The molecule has 2 aromatic carbocycles. The van der Waals surface area contributed by atoms with Crippen LogP contribution in [0.2, 0.25) is 0 Å². The summed E-state index contributed by atoms with van der Waals surface area (Å²) in [7, 11) is 1.57. The number of benzene rings is 2. The van der Waals surface area contributed by atoms with Crippen molar-refractivity contribution in [2.24, 2.45) is 5.92 Å². The lowest BCUT2D eigenvalue weighted by atomic mass is 10.1. The number of methoxy groups -OCH3 is 1. The Hall–Kier alpha value is -2.82. The zero-order valence-corrected chi connectivity index (χ0v) is 15.5. The average Bonchev–Trinajstić information content (AvgIpc) is 3.00. The molecule has 0 aromatic heterocycles. The van der Waals surface area contributed by atoms with Gasteiger partial charge in [-0.15, -0.1) is 0 Å². The molecule has 1 aliphatic heterocycles. The molecule has 0 bridgehead atoms. The SMILES string of the molecule is COc1ccc(C)cc1N1C[C@H](C(=O)Oc2c(C)cccc2C)CC1=O. The number of ether oxygens (including phenoxy) is 2. The van der Waals surface area contributed by atoms with Gasteiger partial charge in [-0.25, -0.2) is 0 Å². The molecule has 26 heavy (non-hydrogen) atoms. The zero-order valence-electron chi connectivity index (χ0n) is 15.5. The fourth-order valence-corrected chi connectivity index (χ4v) is 3.25. The molecule has 136 valence electrons. The lowest BCUT2D eigenvalue weighted by molar-refractivity contribution is -0.139. The first-order valence-corrected chi connectivity index (χ1v) is 8.63. The van der Waals surface area contributed by atoms with Crippen molar-refractivity contribution in [3.8, 4) is 11.5 Å². The number of carbonyl (C=O) groups is 2. The normalized spacial score (nSPS) is 16.7. The smallest absolute Gasteiger partial charge is 0.316 e. The van der Waals surface area contributed by atoms with Gasteiger partial charge in [0.15, 0.2) is 0 Å². The topological polar surface area (TPSA) is 55.8 Å². The molecule has 1 amide bonds. The Morgan fingerprint density at radius 2 is 1.81 bits per heavy atom. The van der Waals surface area contributed by atoms with Gasteiger partial charge in [-0.1, -0.05) is 24.3 Å². The maximum atomic E-state index is 12.6. The van der Waals surface area contributed by atoms with Gasteiger partial charge in [0.1, 0.15) is 11.5 Å². The highest BCUT2D eigenvalue weighted by atomic mass is 16.5. The molecule has 3 rings (SSSR count). The molecule has 0 saturated carbocycles. The Labute approximate surface area is 153 Å². The maximum Gasteiger partial charge on any atom is 0.316 e. The first kappa shape index (κ1) is 18.0. The Balaban J connectivity index is 1.80. The number of amides is 1. The second-order valence-electron chi connectivity index (χ2n) is 6.72. The van der Waals surface area contributed by atoms with E-state index in [1.54, 1.807) is 12.0 Å². The molecule has 0 spiro atoms. The number of rotatable bonds is 4. The van der Waals surface area contributed by atoms with Crippen LogP contribution in [0.25, 0.3) is 0 Å². The summed E-state index contributed by atoms with van der Waals surface area (Å²) >= 11 is 0. The average molecular weight is 353 g/mol. The lowest BCUT2D eigenvalue weighted by Crippen LogP contribution is -2.28. The van der Waals surface area contributed by atoms with E-state index in [1.807, 2.05) is 57.2 Å².